The molecule has 5 nitrogen and oxygen atoms in total. The van der Waals surface area contributed by atoms with E-state index in [1.54, 1.807) is 12.4 Å². The Bertz CT molecular complexity index is 400. The minimum absolute atomic E-state index is 0.259. The minimum Gasteiger partial charge on any atom is -0.465 e. The lowest BCUT2D eigenvalue weighted by Crippen LogP contribution is -2.60. The number of hydrogen-bond donors (Lipinski definition) is 3. The number of amides is 1. The van der Waals surface area contributed by atoms with E-state index in [0.29, 0.717) is 6.42 Å². The molecule has 0 aromatic carbocycles. The fraction of sp³-hybridized carbons (Fsp3) is 0.538. The third-order valence-electron chi connectivity index (χ3n) is 3.31. The van der Waals surface area contributed by atoms with Crippen LogP contribution in [0.3, 0.4) is 0 Å². The van der Waals surface area contributed by atoms with Crippen molar-refractivity contribution in [3.05, 3.63) is 30.1 Å². The van der Waals surface area contributed by atoms with E-state index in [1.807, 2.05) is 32.9 Å². The van der Waals surface area contributed by atoms with Crippen LogP contribution in [-0.2, 0) is 6.42 Å². The topological polar surface area (TPSA) is 82.5 Å². The smallest absolute Gasteiger partial charge is 0.405 e. The van der Waals surface area contributed by atoms with Gasteiger partial charge in [0.15, 0.2) is 0 Å². The van der Waals surface area contributed by atoms with Crippen molar-refractivity contribution in [1.82, 2.24) is 10.3 Å². The summed E-state index contributed by atoms with van der Waals surface area (Å²) in [5, 5.41) is 21.1. The Kier molecular flexibility index (Phi) is 4.29. The van der Waals surface area contributed by atoms with Crippen LogP contribution in [0.4, 0.5) is 4.79 Å². The van der Waals surface area contributed by atoms with Crippen molar-refractivity contribution >= 4 is 6.09 Å². The molecule has 5 heteroatoms. The van der Waals surface area contributed by atoms with Crippen LogP contribution in [0.1, 0.15) is 26.3 Å². The Labute approximate surface area is 107 Å². The van der Waals surface area contributed by atoms with Crippen LogP contribution in [0, 0.1) is 5.41 Å². The maximum Gasteiger partial charge on any atom is 0.405 e. The van der Waals surface area contributed by atoms with Gasteiger partial charge in [0.05, 0.1) is 12.1 Å². The number of carbonyl (C=O) groups is 1. The summed E-state index contributed by atoms with van der Waals surface area (Å²) in [7, 11) is 0. The van der Waals surface area contributed by atoms with Gasteiger partial charge in [-0.1, -0.05) is 20.8 Å². The van der Waals surface area contributed by atoms with Gasteiger partial charge in [-0.15, -0.1) is 0 Å². The second-order valence-corrected chi connectivity index (χ2v) is 5.45. The number of aromatic nitrogens is 1. The molecule has 0 aliphatic heterocycles. The first kappa shape index (κ1) is 14.4. The summed E-state index contributed by atoms with van der Waals surface area (Å²) in [4.78, 5) is 14.9. The molecule has 0 bridgehead atoms. The van der Waals surface area contributed by atoms with Gasteiger partial charge >= 0.3 is 6.09 Å². The van der Waals surface area contributed by atoms with E-state index in [2.05, 4.69) is 10.3 Å². The third-order valence-corrected chi connectivity index (χ3v) is 3.31. The number of pyridine rings is 1. The quantitative estimate of drug-likeness (QED) is 0.761. The van der Waals surface area contributed by atoms with Crippen molar-refractivity contribution < 1.29 is 15.0 Å². The highest BCUT2D eigenvalue weighted by Crippen LogP contribution is 2.33. The lowest BCUT2D eigenvalue weighted by Gasteiger charge is -2.43. The summed E-state index contributed by atoms with van der Waals surface area (Å²) >= 11 is 0. The molecular weight excluding hydrogens is 232 g/mol. The molecule has 1 aromatic heterocycles. The molecule has 3 N–H and O–H groups in total. The minimum atomic E-state index is -1.13. The number of hydrogen-bond acceptors (Lipinski definition) is 3. The number of aliphatic hydroxyl groups excluding tert-OH is 1. The van der Waals surface area contributed by atoms with Crippen LogP contribution in [0.5, 0.6) is 0 Å². The van der Waals surface area contributed by atoms with Crippen molar-refractivity contribution in [2.75, 3.05) is 6.61 Å². The Morgan fingerprint density at radius 3 is 2.28 bits per heavy atom. The summed E-state index contributed by atoms with van der Waals surface area (Å²) < 4.78 is 0. The van der Waals surface area contributed by atoms with Crippen molar-refractivity contribution in [2.45, 2.75) is 32.7 Å². The molecule has 0 saturated heterocycles. The molecule has 100 valence electrons. The van der Waals surface area contributed by atoms with Crippen molar-refractivity contribution in [3.63, 3.8) is 0 Å². The lowest BCUT2D eigenvalue weighted by molar-refractivity contribution is 0.0586. The average Bonchev–Trinajstić information content (AvgIpc) is 2.27. The molecule has 1 atom stereocenters. The molecule has 0 fully saturated rings. The van der Waals surface area contributed by atoms with E-state index in [0.717, 1.165) is 5.56 Å². The van der Waals surface area contributed by atoms with Gasteiger partial charge in [0.25, 0.3) is 0 Å². The van der Waals surface area contributed by atoms with E-state index in [-0.39, 0.29) is 6.61 Å². The number of rotatable bonds is 4. The molecule has 0 spiro atoms. The van der Waals surface area contributed by atoms with Crippen molar-refractivity contribution in [1.29, 1.82) is 0 Å². The average molecular weight is 252 g/mol. The van der Waals surface area contributed by atoms with Gasteiger partial charge in [-0.05, 0) is 29.5 Å². The van der Waals surface area contributed by atoms with Gasteiger partial charge in [0, 0.05) is 12.4 Å². The van der Waals surface area contributed by atoms with E-state index in [1.165, 1.54) is 0 Å². The molecule has 0 radical (unpaired) electrons. The maximum absolute atomic E-state index is 11.0. The van der Waals surface area contributed by atoms with Crippen molar-refractivity contribution in [3.8, 4) is 0 Å². The van der Waals surface area contributed by atoms with Crippen molar-refractivity contribution in [2.24, 2.45) is 5.41 Å². The number of carboxylic acid groups (broad SMARTS) is 1. The van der Waals surface area contributed by atoms with Crippen LogP contribution in [0.15, 0.2) is 24.5 Å². The number of nitrogens with zero attached hydrogens (tertiary/aromatic N) is 1. The largest absolute Gasteiger partial charge is 0.465 e. The van der Waals surface area contributed by atoms with Crippen LogP contribution < -0.4 is 5.32 Å². The van der Waals surface area contributed by atoms with Gasteiger partial charge in [0.1, 0.15) is 0 Å². The predicted molar refractivity (Wildman–Crippen MR) is 68.4 cm³/mol. The molecule has 0 aliphatic carbocycles. The molecule has 18 heavy (non-hydrogen) atoms. The first-order chi connectivity index (χ1) is 8.31. The highest BCUT2D eigenvalue weighted by molar-refractivity contribution is 5.66. The summed E-state index contributed by atoms with van der Waals surface area (Å²) in [5.41, 5.74) is -0.397. The van der Waals surface area contributed by atoms with Crippen LogP contribution in [-0.4, -0.2) is 33.4 Å². The molecular formula is C13H20N2O3. The molecule has 1 aromatic rings. The maximum atomic E-state index is 11.0. The Morgan fingerprint density at radius 1 is 1.33 bits per heavy atom. The highest BCUT2D eigenvalue weighted by Gasteiger charge is 2.43. The van der Waals surface area contributed by atoms with Gasteiger partial charge in [-0.2, -0.15) is 0 Å². The fourth-order valence-electron chi connectivity index (χ4n) is 1.88. The Balaban J connectivity index is 3.07. The Morgan fingerprint density at radius 2 is 1.89 bits per heavy atom. The second kappa shape index (κ2) is 5.35. The predicted octanol–water partition coefficient (Wildman–Crippen LogP) is 1.67. The van der Waals surface area contributed by atoms with Gasteiger partial charge in [0.2, 0.25) is 0 Å². The van der Waals surface area contributed by atoms with Gasteiger partial charge in [-0.25, -0.2) is 4.79 Å². The van der Waals surface area contributed by atoms with Crippen LogP contribution in [0.25, 0.3) is 0 Å². The van der Waals surface area contributed by atoms with E-state index < -0.39 is 17.0 Å². The first-order valence-corrected chi connectivity index (χ1v) is 5.82. The van der Waals surface area contributed by atoms with E-state index in [4.69, 9.17) is 5.11 Å². The highest BCUT2D eigenvalue weighted by atomic mass is 16.4. The van der Waals surface area contributed by atoms with E-state index in [9.17, 15) is 9.90 Å². The van der Waals surface area contributed by atoms with E-state index >= 15 is 0 Å². The molecule has 1 heterocycles. The lowest BCUT2D eigenvalue weighted by atomic mass is 9.70. The van der Waals surface area contributed by atoms with Gasteiger partial charge in [-0.3, -0.25) is 4.98 Å². The number of nitrogens with one attached hydrogen (secondary N) is 1. The summed E-state index contributed by atoms with van der Waals surface area (Å²) in [6, 6.07) is 3.64. The van der Waals surface area contributed by atoms with Crippen LogP contribution >= 0.6 is 0 Å². The standard InChI is InChI=1S/C13H20N2O3/c1-12(2,3)13(9-16,15-11(17)18)8-10-4-6-14-7-5-10/h4-7,15-16H,8-9H2,1-3H3,(H,17,18)/t13-/m0/s1. The monoisotopic (exact) mass is 252 g/mol. The zero-order chi connectivity index (χ0) is 13.8. The molecule has 0 saturated carbocycles. The summed E-state index contributed by atoms with van der Waals surface area (Å²) in [5.74, 6) is 0. The molecule has 1 rings (SSSR count). The molecule has 0 unspecified atom stereocenters. The number of aliphatic hydroxyl groups is 1. The Hall–Kier alpha value is -1.62. The van der Waals surface area contributed by atoms with Gasteiger partial charge < -0.3 is 15.5 Å². The zero-order valence-corrected chi connectivity index (χ0v) is 11.0. The summed E-state index contributed by atoms with van der Waals surface area (Å²) in [6.45, 7) is 5.45. The third kappa shape index (κ3) is 3.20. The zero-order valence-electron chi connectivity index (χ0n) is 11.0. The second-order valence-electron chi connectivity index (χ2n) is 5.45. The molecule has 0 aliphatic rings. The normalized spacial score (nSPS) is 14.9. The molecule has 1 amide bonds. The summed E-state index contributed by atoms with van der Waals surface area (Å²) in [6.07, 6.45) is 2.59. The fourth-order valence-corrected chi connectivity index (χ4v) is 1.88. The first-order valence-electron chi connectivity index (χ1n) is 5.82. The van der Waals surface area contributed by atoms with Crippen LogP contribution in [0.2, 0.25) is 0 Å². The SMILES string of the molecule is CC(C)(C)[C@@](CO)(Cc1ccncc1)NC(=O)O.